The van der Waals surface area contributed by atoms with E-state index in [9.17, 15) is 4.79 Å². The highest BCUT2D eigenvalue weighted by atomic mass is 16.4. The molecule has 0 aromatic rings. The number of carboxylic acid groups (broad SMARTS) is 1. The molecule has 1 rings (SSSR count). The van der Waals surface area contributed by atoms with Gasteiger partial charge in [-0.25, -0.2) is 4.79 Å². The summed E-state index contributed by atoms with van der Waals surface area (Å²) in [5.41, 5.74) is 0. The minimum atomic E-state index is -0.925. The normalized spacial score (nSPS) is 26.5. The molecule has 1 amide bonds. The van der Waals surface area contributed by atoms with Gasteiger partial charge in [0.1, 0.15) is 0 Å². The van der Waals surface area contributed by atoms with Crippen molar-refractivity contribution < 1.29 is 9.90 Å². The zero-order valence-corrected chi connectivity index (χ0v) is 8.20. The molecular weight excluding hydrogens is 180 g/mol. The number of nitrogens with one attached hydrogen (secondary N) is 1. The monoisotopic (exact) mass is 196 g/mol. The van der Waals surface area contributed by atoms with Gasteiger partial charge in [0.15, 0.2) is 0 Å². The highest BCUT2D eigenvalue weighted by Crippen LogP contribution is 2.27. The largest absolute Gasteiger partial charge is 0.465 e. The molecule has 14 heavy (non-hydrogen) atoms. The van der Waals surface area contributed by atoms with Crippen molar-refractivity contribution in [3.05, 3.63) is 0 Å². The van der Waals surface area contributed by atoms with Crippen molar-refractivity contribution in [2.24, 2.45) is 5.92 Å². The molecule has 0 aromatic heterocycles. The molecule has 4 nitrogen and oxygen atoms in total. The van der Waals surface area contributed by atoms with Crippen LogP contribution in [0, 0.1) is 17.2 Å². The summed E-state index contributed by atoms with van der Waals surface area (Å²) in [5.74, 6) is 0.626. The van der Waals surface area contributed by atoms with Crippen molar-refractivity contribution in [2.75, 3.05) is 0 Å². The van der Waals surface area contributed by atoms with E-state index in [1.807, 2.05) is 0 Å². The van der Waals surface area contributed by atoms with Crippen molar-refractivity contribution in [1.29, 1.82) is 5.26 Å². The number of rotatable bonds is 3. The van der Waals surface area contributed by atoms with Crippen LogP contribution < -0.4 is 5.32 Å². The van der Waals surface area contributed by atoms with E-state index in [-0.39, 0.29) is 6.04 Å². The van der Waals surface area contributed by atoms with Gasteiger partial charge in [0.05, 0.1) is 6.07 Å². The molecule has 4 heteroatoms. The third-order valence-electron chi connectivity index (χ3n) is 2.84. The van der Waals surface area contributed by atoms with Crippen molar-refractivity contribution in [3.8, 4) is 6.07 Å². The maximum Gasteiger partial charge on any atom is 0.404 e. The van der Waals surface area contributed by atoms with E-state index in [0.717, 1.165) is 32.1 Å². The zero-order valence-electron chi connectivity index (χ0n) is 8.20. The lowest BCUT2D eigenvalue weighted by Crippen LogP contribution is -2.36. The summed E-state index contributed by atoms with van der Waals surface area (Å²) in [6.45, 7) is 0. The van der Waals surface area contributed by atoms with Gasteiger partial charge in [0.2, 0.25) is 0 Å². The van der Waals surface area contributed by atoms with Crippen molar-refractivity contribution in [1.82, 2.24) is 5.32 Å². The fraction of sp³-hybridized carbons (Fsp3) is 0.800. The maximum absolute atomic E-state index is 10.4. The van der Waals surface area contributed by atoms with Gasteiger partial charge in [-0.1, -0.05) is 0 Å². The number of hydrogen-bond acceptors (Lipinski definition) is 2. The fourth-order valence-corrected chi connectivity index (χ4v) is 2.04. The maximum atomic E-state index is 10.4. The molecular formula is C10H16N2O2. The average molecular weight is 196 g/mol. The summed E-state index contributed by atoms with van der Waals surface area (Å²) in [6, 6.07) is 2.28. The van der Waals surface area contributed by atoms with Crippen LogP contribution in [-0.2, 0) is 0 Å². The SMILES string of the molecule is N#CCCC1CCC(NC(=O)O)CC1. The van der Waals surface area contributed by atoms with Crippen LogP contribution in [0.4, 0.5) is 4.79 Å². The van der Waals surface area contributed by atoms with Crippen LogP contribution in [-0.4, -0.2) is 17.2 Å². The molecule has 1 saturated carbocycles. The standard InChI is InChI=1S/C10H16N2O2/c11-7-1-2-8-3-5-9(6-4-8)12-10(13)14/h8-9,12H,1-6H2,(H,13,14). The van der Waals surface area contributed by atoms with E-state index >= 15 is 0 Å². The van der Waals surface area contributed by atoms with Gasteiger partial charge in [-0.05, 0) is 38.0 Å². The van der Waals surface area contributed by atoms with E-state index < -0.39 is 6.09 Å². The van der Waals surface area contributed by atoms with Crippen molar-refractivity contribution in [3.63, 3.8) is 0 Å². The predicted molar refractivity (Wildman–Crippen MR) is 51.8 cm³/mol. The first kappa shape index (κ1) is 10.8. The molecule has 0 bridgehead atoms. The lowest BCUT2D eigenvalue weighted by atomic mass is 9.83. The molecule has 0 aliphatic heterocycles. The lowest BCUT2D eigenvalue weighted by molar-refractivity contribution is 0.181. The predicted octanol–water partition coefficient (Wildman–Crippen LogP) is 2.12. The summed E-state index contributed by atoms with van der Waals surface area (Å²) < 4.78 is 0. The molecule has 2 N–H and O–H groups in total. The summed E-state index contributed by atoms with van der Waals surface area (Å²) in [6.07, 6.45) is 4.60. The molecule has 1 fully saturated rings. The van der Waals surface area contributed by atoms with Crippen LogP contribution in [0.2, 0.25) is 0 Å². The Morgan fingerprint density at radius 2 is 2.07 bits per heavy atom. The van der Waals surface area contributed by atoms with E-state index in [0.29, 0.717) is 12.3 Å². The topological polar surface area (TPSA) is 73.1 Å². The quantitative estimate of drug-likeness (QED) is 0.726. The van der Waals surface area contributed by atoms with Gasteiger partial charge in [-0.2, -0.15) is 5.26 Å². The second kappa shape index (κ2) is 5.48. The Kier molecular flexibility index (Phi) is 4.24. The Bertz CT molecular complexity index is 227. The first-order valence-corrected chi connectivity index (χ1v) is 5.08. The third-order valence-corrected chi connectivity index (χ3v) is 2.84. The molecule has 0 saturated heterocycles. The van der Waals surface area contributed by atoms with Crippen molar-refractivity contribution in [2.45, 2.75) is 44.6 Å². The van der Waals surface area contributed by atoms with Gasteiger partial charge < -0.3 is 10.4 Å². The van der Waals surface area contributed by atoms with Crippen LogP contribution in [0.25, 0.3) is 0 Å². The van der Waals surface area contributed by atoms with Gasteiger partial charge in [0.25, 0.3) is 0 Å². The summed E-state index contributed by atoms with van der Waals surface area (Å²) in [4.78, 5) is 10.4. The number of nitriles is 1. The number of hydrogen-bond donors (Lipinski definition) is 2. The average Bonchev–Trinajstić information content (AvgIpc) is 2.16. The lowest BCUT2D eigenvalue weighted by Gasteiger charge is -2.27. The molecule has 78 valence electrons. The van der Waals surface area contributed by atoms with E-state index in [1.165, 1.54) is 0 Å². The van der Waals surface area contributed by atoms with Crippen molar-refractivity contribution >= 4 is 6.09 Å². The molecule has 0 aromatic carbocycles. The number of carbonyl (C=O) groups is 1. The fourth-order valence-electron chi connectivity index (χ4n) is 2.04. The Hall–Kier alpha value is -1.24. The second-order valence-corrected chi connectivity index (χ2v) is 3.86. The Morgan fingerprint density at radius 1 is 1.43 bits per heavy atom. The molecule has 0 spiro atoms. The molecule has 1 aliphatic rings. The van der Waals surface area contributed by atoms with Crippen LogP contribution in [0.3, 0.4) is 0 Å². The Labute approximate surface area is 83.9 Å². The van der Waals surface area contributed by atoms with Gasteiger partial charge >= 0.3 is 6.09 Å². The molecule has 1 aliphatic carbocycles. The van der Waals surface area contributed by atoms with Crippen LogP contribution >= 0.6 is 0 Å². The zero-order chi connectivity index (χ0) is 10.4. The van der Waals surface area contributed by atoms with Gasteiger partial charge in [-0.15, -0.1) is 0 Å². The van der Waals surface area contributed by atoms with E-state index in [4.69, 9.17) is 10.4 Å². The minimum Gasteiger partial charge on any atom is -0.465 e. The van der Waals surface area contributed by atoms with E-state index in [1.54, 1.807) is 0 Å². The van der Waals surface area contributed by atoms with Gasteiger partial charge in [0, 0.05) is 12.5 Å². The minimum absolute atomic E-state index is 0.130. The van der Waals surface area contributed by atoms with Crippen LogP contribution in [0.1, 0.15) is 38.5 Å². The molecule has 0 unspecified atom stereocenters. The summed E-state index contributed by atoms with van der Waals surface area (Å²) in [5, 5.41) is 19.5. The molecule has 0 atom stereocenters. The highest BCUT2D eigenvalue weighted by Gasteiger charge is 2.21. The third kappa shape index (κ3) is 3.65. The number of nitrogens with zero attached hydrogens (tertiary/aromatic N) is 1. The smallest absolute Gasteiger partial charge is 0.404 e. The second-order valence-electron chi connectivity index (χ2n) is 3.86. The highest BCUT2D eigenvalue weighted by molar-refractivity contribution is 5.64. The first-order valence-electron chi connectivity index (χ1n) is 5.08. The number of amides is 1. The van der Waals surface area contributed by atoms with Crippen LogP contribution in [0.5, 0.6) is 0 Å². The first-order chi connectivity index (χ1) is 6.72. The Balaban J connectivity index is 2.18. The van der Waals surface area contributed by atoms with Gasteiger partial charge in [-0.3, -0.25) is 0 Å². The van der Waals surface area contributed by atoms with E-state index in [2.05, 4.69) is 11.4 Å². The van der Waals surface area contributed by atoms with Crippen LogP contribution in [0.15, 0.2) is 0 Å². The molecule has 0 heterocycles. The Morgan fingerprint density at radius 3 is 2.57 bits per heavy atom. The summed E-state index contributed by atoms with van der Waals surface area (Å²) in [7, 11) is 0. The molecule has 0 radical (unpaired) electrons. The summed E-state index contributed by atoms with van der Waals surface area (Å²) >= 11 is 0.